The van der Waals surface area contributed by atoms with Gasteiger partial charge in [0.2, 0.25) is 0 Å². The molecule has 20 heavy (non-hydrogen) atoms. The number of nitrogens with zero attached hydrogens (tertiary/aromatic N) is 1. The summed E-state index contributed by atoms with van der Waals surface area (Å²) in [6.07, 6.45) is 1.51. The Morgan fingerprint density at radius 2 is 2.25 bits per heavy atom. The first-order valence-corrected chi connectivity index (χ1v) is 7.17. The van der Waals surface area contributed by atoms with E-state index in [1.807, 2.05) is 6.92 Å². The third-order valence-electron chi connectivity index (χ3n) is 2.43. The van der Waals surface area contributed by atoms with Gasteiger partial charge in [-0.05, 0) is 18.9 Å². The Labute approximate surface area is 125 Å². The highest BCUT2D eigenvalue weighted by atomic mass is 35.5. The molecule has 0 unspecified atom stereocenters. The number of carbonyl (C=O) groups is 1. The lowest BCUT2D eigenvalue weighted by molar-refractivity contribution is 0.0886. The summed E-state index contributed by atoms with van der Waals surface area (Å²) in [5.41, 5.74) is 0.445. The molecule has 0 aliphatic rings. The number of halogens is 1. The summed E-state index contributed by atoms with van der Waals surface area (Å²) in [5.74, 6) is 0.883. The van der Waals surface area contributed by atoms with Crippen LogP contribution >= 0.6 is 11.6 Å². The van der Waals surface area contributed by atoms with E-state index in [9.17, 15) is 4.79 Å². The molecule has 1 aromatic rings. The fourth-order valence-electron chi connectivity index (χ4n) is 1.52. The van der Waals surface area contributed by atoms with Crippen molar-refractivity contribution in [1.29, 1.82) is 0 Å². The fourth-order valence-corrected chi connectivity index (χ4v) is 1.75. The van der Waals surface area contributed by atoms with Gasteiger partial charge in [-0.3, -0.25) is 4.79 Å². The maximum Gasteiger partial charge on any atom is 0.252 e. The third-order valence-corrected chi connectivity index (χ3v) is 2.72. The van der Waals surface area contributed by atoms with E-state index in [4.69, 9.17) is 16.3 Å². The lowest BCUT2D eigenvalue weighted by Crippen LogP contribution is -2.27. The summed E-state index contributed by atoms with van der Waals surface area (Å²) in [4.78, 5) is 16.0. The zero-order valence-corrected chi connectivity index (χ0v) is 13.0. The Bertz CT molecular complexity index is 438. The van der Waals surface area contributed by atoms with Crippen molar-refractivity contribution >= 4 is 23.3 Å². The maximum absolute atomic E-state index is 11.9. The van der Waals surface area contributed by atoms with Gasteiger partial charge in [-0.25, -0.2) is 4.98 Å². The second-order valence-corrected chi connectivity index (χ2v) is 5.22. The van der Waals surface area contributed by atoms with Crippen LogP contribution in [0.5, 0.6) is 0 Å². The molecule has 0 aliphatic heterocycles. The summed E-state index contributed by atoms with van der Waals surface area (Å²) in [6.45, 7) is 8.51. The topological polar surface area (TPSA) is 63.2 Å². The number of nitrogens with one attached hydrogen (secondary N) is 2. The van der Waals surface area contributed by atoms with Crippen molar-refractivity contribution in [2.24, 2.45) is 5.92 Å². The maximum atomic E-state index is 11.9. The summed E-state index contributed by atoms with van der Waals surface area (Å²) < 4.78 is 5.39. The number of rotatable bonds is 8. The number of hydrogen-bond acceptors (Lipinski definition) is 4. The second-order valence-electron chi connectivity index (χ2n) is 4.81. The largest absolute Gasteiger partial charge is 0.379 e. The second kappa shape index (κ2) is 8.76. The number of carbonyl (C=O) groups excluding carboxylic acids is 1. The zero-order chi connectivity index (χ0) is 15.0. The Morgan fingerprint density at radius 3 is 2.85 bits per heavy atom. The molecule has 1 aromatic heterocycles. The quantitative estimate of drug-likeness (QED) is 0.724. The molecular weight excluding hydrogens is 278 g/mol. The van der Waals surface area contributed by atoms with Crippen LogP contribution in [0.4, 0.5) is 5.82 Å². The summed E-state index contributed by atoms with van der Waals surface area (Å²) in [6, 6.07) is 1.61. The molecule has 2 N–H and O–H groups in total. The molecule has 0 atom stereocenters. The lowest BCUT2D eigenvalue weighted by Gasteiger charge is -2.09. The molecule has 1 rings (SSSR count). The van der Waals surface area contributed by atoms with Gasteiger partial charge in [0.25, 0.3) is 5.91 Å². The van der Waals surface area contributed by atoms with Crippen molar-refractivity contribution in [3.05, 3.63) is 22.8 Å². The van der Waals surface area contributed by atoms with Gasteiger partial charge in [0, 0.05) is 25.9 Å². The predicted molar refractivity (Wildman–Crippen MR) is 81.4 cm³/mol. The van der Waals surface area contributed by atoms with Crippen molar-refractivity contribution in [2.45, 2.75) is 20.8 Å². The van der Waals surface area contributed by atoms with Crippen LogP contribution in [0.1, 0.15) is 31.1 Å². The summed E-state index contributed by atoms with van der Waals surface area (Å²) >= 11 is 6.04. The minimum Gasteiger partial charge on any atom is -0.379 e. The van der Waals surface area contributed by atoms with Crippen LogP contribution in [-0.2, 0) is 4.74 Å². The average molecular weight is 300 g/mol. The number of hydrogen-bond donors (Lipinski definition) is 2. The molecule has 5 nitrogen and oxygen atoms in total. The Hall–Kier alpha value is -1.33. The van der Waals surface area contributed by atoms with Gasteiger partial charge in [-0.1, -0.05) is 25.4 Å². The minimum absolute atomic E-state index is 0.199. The number of amides is 1. The standard InChI is InChI=1S/C14H22ClN3O2/c1-4-16-13-12(15)7-11(8-18-13)14(19)17-5-6-20-9-10(2)3/h7-8,10H,4-6,9H2,1-3H3,(H,16,18)(H,17,19). The SMILES string of the molecule is CCNc1ncc(C(=O)NCCOCC(C)C)cc1Cl. The van der Waals surface area contributed by atoms with Crippen molar-refractivity contribution in [3.8, 4) is 0 Å². The highest BCUT2D eigenvalue weighted by molar-refractivity contribution is 6.33. The van der Waals surface area contributed by atoms with Gasteiger partial charge in [0.15, 0.2) is 0 Å². The van der Waals surface area contributed by atoms with Crippen LogP contribution in [0.15, 0.2) is 12.3 Å². The number of anilines is 1. The monoisotopic (exact) mass is 299 g/mol. The molecule has 112 valence electrons. The molecule has 1 amide bonds. The highest BCUT2D eigenvalue weighted by Gasteiger charge is 2.09. The van der Waals surface area contributed by atoms with Crippen LogP contribution in [0.2, 0.25) is 5.02 Å². The first-order valence-electron chi connectivity index (χ1n) is 6.80. The first-order chi connectivity index (χ1) is 9.54. The van der Waals surface area contributed by atoms with Gasteiger partial charge in [0.1, 0.15) is 5.82 Å². The van der Waals surface area contributed by atoms with Crippen LogP contribution < -0.4 is 10.6 Å². The number of ether oxygens (including phenoxy) is 1. The van der Waals surface area contributed by atoms with Crippen LogP contribution in [0, 0.1) is 5.92 Å². The third kappa shape index (κ3) is 5.75. The molecule has 0 fully saturated rings. The first kappa shape index (κ1) is 16.7. The van der Waals surface area contributed by atoms with Crippen LogP contribution in [0.3, 0.4) is 0 Å². The van der Waals surface area contributed by atoms with E-state index < -0.39 is 0 Å². The average Bonchev–Trinajstić information content (AvgIpc) is 2.40. The molecule has 0 saturated heterocycles. The lowest BCUT2D eigenvalue weighted by atomic mass is 10.2. The molecule has 6 heteroatoms. The normalized spacial score (nSPS) is 10.7. The smallest absolute Gasteiger partial charge is 0.252 e. The van der Waals surface area contributed by atoms with Gasteiger partial charge in [0.05, 0.1) is 17.2 Å². The summed E-state index contributed by atoms with van der Waals surface area (Å²) in [5, 5.41) is 6.23. The van der Waals surface area contributed by atoms with Crippen LogP contribution in [0.25, 0.3) is 0 Å². The van der Waals surface area contributed by atoms with E-state index in [2.05, 4.69) is 29.5 Å². The molecule has 0 bridgehead atoms. The van der Waals surface area contributed by atoms with Crippen molar-refractivity contribution < 1.29 is 9.53 Å². The predicted octanol–water partition coefficient (Wildman–Crippen LogP) is 2.57. The molecule has 0 aliphatic carbocycles. The van der Waals surface area contributed by atoms with Crippen molar-refractivity contribution in [1.82, 2.24) is 10.3 Å². The van der Waals surface area contributed by atoms with Gasteiger partial charge < -0.3 is 15.4 Å². The Morgan fingerprint density at radius 1 is 1.50 bits per heavy atom. The van der Waals surface area contributed by atoms with Crippen molar-refractivity contribution in [3.63, 3.8) is 0 Å². The van der Waals surface area contributed by atoms with E-state index in [-0.39, 0.29) is 5.91 Å². The Kier molecular flexibility index (Phi) is 7.33. The molecule has 0 aromatic carbocycles. The molecule has 1 heterocycles. The number of aromatic nitrogens is 1. The number of pyridine rings is 1. The van der Waals surface area contributed by atoms with Crippen molar-refractivity contribution in [2.75, 3.05) is 31.6 Å². The van der Waals surface area contributed by atoms with E-state index in [0.717, 1.165) is 6.54 Å². The summed E-state index contributed by atoms with van der Waals surface area (Å²) in [7, 11) is 0. The molecule has 0 saturated carbocycles. The van der Waals surface area contributed by atoms with E-state index in [0.29, 0.717) is 42.1 Å². The molecule has 0 spiro atoms. The van der Waals surface area contributed by atoms with Gasteiger partial charge >= 0.3 is 0 Å². The fraction of sp³-hybridized carbons (Fsp3) is 0.571. The van der Waals surface area contributed by atoms with E-state index in [1.165, 1.54) is 6.20 Å². The van der Waals surface area contributed by atoms with Gasteiger partial charge in [-0.15, -0.1) is 0 Å². The molecule has 0 radical (unpaired) electrons. The zero-order valence-electron chi connectivity index (χ0n) is 12.2. The minimum atomic E-state index is -0.199. The Balaban J connectivity index is 2.41. The highest BCUT2D eigenvalue weighted by Crippen LogP contribution is 2.19. The molecular formula is C14H22ClN3O2. The van der Waals surface area contributed by atoms with Crippen LogP contribution in [-0.4, -0.2) is 37.2 Å². The van der Waals surface area contributed by atoms with E-state index >= 15 is 0 Å². The van der Waals surface area contributed by atoms with Gasteiger partial charge in [-0.2, -0.15) is 0 Å². The van der Waals surface area contributed by atoms with E-state index in [1.54, 1.807) is 6.07 Å².